The smallest absolute Gasteiger partial charge is 0.411 e. The molecule has 2 rings (SSSR count). The maximum atomic E-state index is 13.0. The molecule has 116 valence electrons. The normalized spacial score (nSPS) is 21.0. The number of hydrogen-bond donors (Lipinski definition) is 1. The van der Waals surface area contributed by atoms with Crippen LogP contribution in [-0.2, 0) is 12.7 Å². The van der Waals surface area contributed by atoms with Gasteiger partial charge in [-0.3, -0.25) is 9.88 Å². The van der Waals surface area contributed by atoms with Gasteiger partial charge >= 0.3 is 6.18 Å². The van der Waals surface area contributed by atoms with Crippen LogP contribution >= 0.6 is 0 Å². The fourth-order valence-electron chi connectivity index (χ4n) is 2.68. The molecule has 2 heterocycles. The van der Waals surface area contributed by atoms with Crippen LogP contribution in [0.25, 0.3) is 0 Å². The van der Waals surface area contributed by atoms with Crippen molar-refractivity contribution in [1.82, 2.24) is 9.88 Å². The Morgan fingerprint density at radius 2 is 2.29 bits per heavy atom. The molecule has 1 N–H and O–H groups in total. The maximum Gasteiger partial charge on any atom is 0.418 e. The number of pyridine rings is 1. The van der Waals surface area contributed by atoms with Gasteiger partial charge in [-0.25, -0.2) is 0 Å². The Morgan fingerprint density at radius 3 is 2.90 bits per heavy atom. The number of likely N-dealkylation sites (tertiary alicyclic amines) is 1. The van der Waals surface area contributed by atoms with Crippen molar-refractivity contribution >= 4 is 6.21 Å². The zero-order chi connectivity index (χ0) is 15.5. The molecule has 21 heavy (non-hydrogen) atoms. The van der Waals surface area contributed by atoms with E-state index < -0.39 is 11.7 Å². The van der Waals surface area contributed by atoms with E-state index in [1.54, 1.807) is 0 Å². The first-order valence-electron chi connectivity index (χ1n) is 6.86. The van der Waals surface area contributed by atoms with E-state index in [1.807, 2.05) is 0 Å². The molecular weight excluding hydrogens is 283 g/mol. The molecule has 0 amide bonds. The predicted molar refractivity (Wildman–Crippen MR) is 72.3 cm³/mol. The molecule has 0 saturated carbocycles. The number of oxime groups is 1. The average molecular weight is 301 g/mol. The largest absolute Gasteiger partial charge is 0.418 e. The summed E-state index contributed by atoms with van der Waals surface area (Å²) in [7, 11) is 0. The number of piperidine rings is 1. The lowest BCUT2D eigenvalue weighted by Gasteiger charge is -2.30. The molecule has 0 unspecified atom stereocenters. The van der Waals surface area contributed by atoms with Crippen LogP contribution in [0.4, 0.5) is 13.2 Å². The molecule has 1 aromatic heterocycles. The van der Waals surface area contributed by atoms with Gasteiger partial charge in [0.2, 0.25) is 0 Å². The summed E-state index contributed by atoms with van der Waals surface area (Å²) in [6.07, 6.45) is -0.180. The topological polar surface area (TPSA) is 48.7 Å². The second-order valence-corrected chi connectivity index (χ2v) is 5.50. The average Bonchev–Trinajstić information content (AvgIpc) is 2.39. The quantitative estimate of drug-likeness (QED) is 0.530. The van der Waals surface area contributed by atoms with Crippen LogP contribution in [0.2, 0.25) is 0 Å². The lowest BCUT2D eigenvalue weighted by atomic mass is 10.00. The second kappa shape index (κ2) is 6.43. The highest BCUT2D eigenvalue weighted by molar-refractivity contribution is 5.78. The van der Waals surface area contributed by atoms with E-state index in [1.165, 1.54) is 6.20 Å². The highest BCUT2D eigenvalue weighted by Crippen LogP contribution is 2.31. The van der Waals surface area contributed by atoms with Gasteiger partial charge in [0, 0.05) is 19.3 Å². The number of aromatic nitrogens is 1. The van der Waals surface area contributed by atoms with Gasteiger partial charge in [-0.05, 0) is 36.9 Å². The predicted octanol–water partition coefficient (Wildman–Crippen LogP) is 3.14. The number of hydrogen-bond acceptors (Lipinski definition) is 4. The fraction of sp³-hybridized carbons (Fsp3) is 0.571. The Kier molecular flexibility index (Phi) is 4.82. The summed E-state index contributed by atoms with van der Waals surface area (Å²) >= 11 is 0. The number of nitrogens with zero attached hydrogens (tertiary/aromatic N) is 3. The SMILES string of the molecule is C[C@H]1CCCN(Cc2cnc(/C=N/O)c(C(F)(F)F)c2)C1. The molecule has 1 aliphatic heterocycles. The third-order valence-electron chi connectivity index (χ3n) is 3.61. The molecule has 7 heteroatoms. The van der Waals surface area contributed by atoms with Gasteiger partial charge in [0.15, 0.2) is 0 Å². The molecule has 1 atom stereocenters. The van der Waals surface area contributed by atoms with E-state index in [9.17, 15) is 13.2 Å². The molecule has 4 nitrogen and oxygen atoms in total. The van der Waals surface area contributed by atoms with Crippen LogP contribution in [0, 0.1) is 5.92 Å². The summed E-state index contributed by atoms with van der Waals surface area (Å²) in [5, 5.41) is 11.1. The molecule has 1 saturated heterocycles. The first-order chi connectivity index (χ1) is 9.90. The van der Waals surface area contributed by atoms with Gasteiger partial charge in [-0.2, -0.15) is 13.2 Å². The van der Waals surface area contributed by atoms with Crippen LogP contribution in [0.3, 0.4) is 0 Å². The monoisotopic (exact) mass is 301 g/mol. The van der Waals surface area contributed by atoms with Crippen molar-refractivity contribution in [1.29, 1.82) is 0 Å². The molecule has 0 bridgehead atoms. The van der Waals surface area contributed by atoms with E-state index in [-0.39, 0.29) is 5.69 Å². The van der Waals surface area contributed by atoms with Gasteiger partial charge in [-0.15, -0.1) is 0 Å². The van der Waals surface area contributed by atoms with Crippen LogP contribution < -0.4 is 0 Å². The molecule has 1 aliphatic rings. The molecular formula is C14H18F3N3O. The first kappa shape index (κ1) is 15.8. The lowest BCUT2D eigenvalue weighted by molar-refractivity contribution is -0.138. The van der Waals surface area contributed by atoms with Gasteiger partial charge in [0.1, 0.15) is 0 Å². The van der Waals surface area contributed by atoms with Crippen LogP contribution in [0.5, 0.6) is 0 Å². The van der Waals surface area contributed by atoms with Crippen molar-refractivity contribution in [3.63, 3.8) is 0 Å². The van der Waals surface area contributed by atoms with Gasteiger partial charge in [0.05, 0.1) is 17.5 Å². The van der Waals surface area contributed by atoms with Crippen molar-refractivity contribution in [2.24, 2.45) is 11.1 Å². The fourth-order valence-corrected chi connectivity index (χ4v) is 2.68. The number of halogens is 3. The van der Waals surface area contributed by atoms with Crippen LogP contribution in [0.1, 0.15) is 36.6 Å². The molecule has 0 aliphatic carbocycles. The lowest BCUT2D eigenvalue weighted by Crippen LogP contribution is -2.33. The minimum atomic E-state index is -4.52. The third kappa shape index (κ3) is 4.17. The molecule has 0 radical (unpaired) electrons. The van der Waals surface area contributed by atoms with Crippen LogP contribution in [0.15, 0.2) is 17.4 Å². The van der Waals surface area contributed by atoms with Crippen molar-refractivity contribution in [2.75, 3.05) is 13.1 Å². The van der Waals surface area contributed by atoms with E-state index >= 15 is 0 Å². The summed E-state index contributed by atoms with van der Waals surface area (Å²) in [4.78, 5) is 5.91. The third-order valence-corrected chi connectivity index (χ3v) is 3.61. The van der Waals surface area contributed by atoms with E-state index in [0.717, 1.165) is 32.0 Å². The van der Waals surface area contributed by atoms with Gasteiger partial charge in [0.25, 0.3) is 0 Å². The minimum Gasteiger partial charge on any atom is -0.411 e. The molecule has 0 spiro atoms. The summed E-state index contributed by atoms with van der Waals surface area (Å²) < 4.78 is 39.0. The Labute approximate surface area is 121 Å². The van der Waals surface area contributed by atoms with Gasteiger partial charge < -0.3 is 5.21 Å². The number of rotatable bonds is 3. The van der Waals surface area contributed by atoms with E-state index in [4.69, 9.17) is 5.21 Å². The summed E-state index contributed by atoms with van der Waals surface area (Å²) in [5.74, 6) is 0.564. The maximum absolute atomic E-state index is 13.0. The minimum absolute atomic E-state index is 0.374. The Hall–Kier alpha value is -1.63. The highest BCUT2D eigenvalue weighted by Gasteiger charge is 2.34. The highest BCUT2D eigenvalue weighted by atomic mass is 19.4. The number of alkyl halides is 3. The van der Waals surface area contributed by atoms with Crippen molar-refractivity contribution in [2.45, 2.75) is 32.5 Å². The summed E-state index contributed by atoms with van der Waals surface area (Å²) in [5.41, 5.74) is -0.727. The summed E-state index contributed by atoms with van der Waals surface area (Å²) in [6, 6.07) is 1.09. The molecule has 1 fully saturated rings. The Balaban J connectivity index is 2.21. The second-order valence-electron chi connectivity index (χ2n) is 5.50. The van der Waals surface area contributed by atoms with E-state index in [2.05, 4.69) is 22.0 Å². The van der Waals surface area contributed by atoms with Gasteiger partial charge in [-0.1, -0.05) is 12.1 Å². The van der Waals surface area contributed by atoms with Crippen molar-refractivity contribution < 1.29 is 18.4 Å². The Bertz CT molecular complexity index is 517. The van der Waals surface area contributed by atoms with Crippen molar-refractivity contribution in [3.05, 3.63) is 29.1 Å². The molecule has 0 aromatic carbocycles. The zero-order valence-electron chi connectivity index (χ0n) is 11.8. The van der Waals surface area contributed by atoms with Crippen molar-refractivity contribution in [3.8, 4) is 0 Å². The summed E-state index contributed by atoms with van der Waals surface area (Å²) in [6.45, 7) is 4.38. The first-order valence-corrected chi connectivity index (χ1v) is 6.86. The van der Waals surface area contributed by atoms with Crippen LogP contribution in [-0.4, -0.2) is 34.4 Å². The van der Waals surface area contributed by atoms with E-state index in [0.29, 0.717) is 24.2 Å². The zero-order valence-corrected chi connectivity index (χ0v) is 11.8. The standard InChI is InChI=1S/C14H18F3N3O/c1-10-3-2-4-20(8-10)9-11-5-12(14(15,16)17)13(7-19-21)18-6-11/h5-7,10,21H,2-4,8-9H2,1H3/b19-7+/t10-/m0/s1. The molecule has 1 aromatic rings. The Morgan fingerprint density at radius 1 is 1.52 bits per heavy atom.